The zero-order valence-electron chi connectivity index (χ0n) is 13.0. The number of fused-ring (bicyclic) bond motifs is 1. The van der Waals surface area contributed by atoms with Gasteiger partial charge in [-0.15, -0.1) is 0 Å². The van der Waals surface area contributed by atoms with Gasteiger partial charge in [-0.3, -0.25) is 0 Å². The summed E-state index contributed by atoms with van der Waals surface area (Å²) < 4.78 is 5.58. The van der Waals surface area contributed by atoms with Crippen LogP contribution in [-0.2, 0) is 17.6 Å². The van der Waals surface area contributed by atoms with Crippen LogP contribution in [0.25, 0.3) is 0 Å². The predicted molar refractivity (Wildman–Crippen MR) is 82.1 cm³/mol. The molecule has 1 aliphatic rings. The number of aromatic nitrogens is 2. The van der Waals surface area contributed by atoms with Crippen molar-refractivity contribution >= 4 is 5.82 Å². The summed E-state index contributed by atoms with van der Waals surface area (Å²) in [6, 6.07) is 0. The summed E-state index contributed by atoms with van der Waals surface area (Å²) >= 11 is 0. The van der Waals surface area contributed by atoms with Crippen LogP contribution in [-0.4, -0.2) is 23.6 Å². The zero-order chi connectivity index (χ0) is 14.4. The number of rotatable bonds is 6. The second-order valence-electron chi connectivity index (χ2n) is 5.46. The van der Waals surface area contributed by atoms with Gasteiger partial charge in [0, 0.05) is 24.9 Å². The maximum Gasteiger partial charge on any atom is 0.159 e. The molecule has 1 atom stereocenters. The molecule has 112 valence electrons. The topological polar surface area (TPSA) is 47.0 Å². The molecule has 20 heavy (non-hydrogen) atoms. The Bertz CT molecular complexity index is 434. The molecule has 0 saturated carbocycles. The Labute approximate surface area is 122 Å². The van der Waals surface area contributed by atoms with Crippen molar-refractivity contribution in [2.45, 2.75) is 64.9 Å². The third-order valence-electron chi connectivity index (χ3n) is 3.92. The molecule has 2 rings (SSSR count). The lowest BCUT2D eigenvalue weighted by atomic mass is 10.1. The Morgan fingerprint density at radius 2 is 1.95 bits per heavy atom. The van der Waals surface area contributed by atoms with Gasteiger partial charge in [0.05, 0.1) is 0 Å². The van der Waals surface area contributed by atoms with Crippen LogP contribution in [0.5, 0.6) is 0 Å². The summed E-state index contributed by atoms with van der Waals surface area (Å²) in [5.74, 6) is 1.89. The highest BCUT2D eigenvalue weighted by Gasteiger charge is 2.20. The molecular weight excluding hydrogens is 250 g/mol. The van der Waals surface area contributed by atoms with Crippen LogP contribution in [0.2, 0.25) is 0 Å². The largest absolute Gasteiger partial charge is 0.373 e. The van der Waals surface area contributed by atoms with Crippen molar-refractivity contribution in [2.75, 3.05) is 19.0 Å². The first-order valence-corrected chi connectivity index (χ1v) is 7.96. The van der Waals surface area contributed by atoms with E-state index in [-0.39, 0.29) is 6.10 Å². The van der Waals surface area contributed by atoms with E-state index in [0.717, 1.165) is 43.9 Å². The molecule has 4 nitrogen and oxygen atoms in total. The molecule has 1 unspecified atom stereocenters. The van der Waals surface area contributed by atoms with Gasteiger partial charge < -0.3 is 10.1 Å². The lowest BCUT2D eigenvalue weighted by Gasteiger charge is -2.18. The molecule has 0 fully saturated rings. The van der Waals surface area contributed by atoms with Crippen molar-refractivity contribution in [2.24, 2.45) is 0 Å². The van der Waals surface area contributed by atoms with Crippen molar-refractivity contribution in [3.63, 3.8) is 0 Å². The molecule has 0 aliphatic heterocycles. The second-order valence-corrected chi connectivity index (χ2v) is 5.46. The van der Waals surface area contributed by atoms with Crippen molar-refractivity contribution < 1.29 is 4.74 Å². The number of aryl methyl sites for hydroxylation is 1. The van der Waals surface area contributed by atoms with E-state index in [1.165, 1.54) is 30.5 Å². The number of nitrogens with one attached hydrogen (secondary N) is 1. The molecule has 4 heteroatoms. The molecule has 1 heterocycles. The molecule has 0 amide bonds. The van der Waals surface area contributed by atoms with Crippen LogP contribution in [0.1, 0.15) is 69.1 Å². The Morgan fingerprint density at radius 1 is 1.15 bits per heavy atom. The van der Waals surface area contributed by atoms with Gasteiger partial charge in [0.2, 0.25) is 0 Å². The van der Waals surface area contributed by atoms with E-state index < -0.39 is 0 Å². The minimum Gasteiger partial charge on any atom is -0.373 e. The number of hydrogen-bond acceptors (Lipinski definition) is 4. The first-order chi connectivity index (χ1) is 9.80. The molecular formula is C16H27N3O. The second kappa shape index (κ2) is 7.58. The molecule has 1 aromatic heterocycles. The summed E-state index contributed by atoms with van der Waals surface area (Å²) in [6.45, 7) is 5.18. The fourth-order valence-corrected chi connectivity index (χ4v) is 2.86. The number of nitrogens with zero attached hydrogens (tertiary/aromatic N) is 2. The average Bonchev–Trinajstić information content (AvgIpc) is 2.70. The Hall–Kier alpha value is -1.16. The van der Waals surface area contributed by atoms with E-state index in [1.807, 2.05) is 0 Å². The third-order valence-corrected chi connectivity index (χ3v) is 3.92. The predicted octanol–water partition coefficient (Wildman–Crippen LogP) is 3.66. The Morgan fingerprint density at radius 3 is 2.65 bits per heavy atom. The Balaban J connectivity index is 2.38. The van der Waals surface area contributed by atoms with Crippen LogP contribution >= 0.6 is 0 Å². The van der Waals surface area contributed by atoms with Crippen molar-refractivity contribution in [1.82, 2.24) is 9.97 Å². The SMILES string of the molecule is CCCC(OC)c1nc2c(c(NCC)n1)CCCCC2. The monoisotopic (exact) mass is 277 g/mol. The van der Waals surface area contributed by atoms with Gasteiger partial charge in [-0.2, -0.15) is 0 Å². The number of ether oxygens (including phenoxy) is 1. The molecule has 0 radical (unpaired) electrons. The summed E-state index contributed by atoms with van der Waals surface area (Å²) in [5.41, 5.74) is 2.57. The van der Waals surface area contributed by atoms with Crippen molar-refractivity contribution in [1.29, 1.82) is 0 Å². The molecule has 1 N–H and O–H groups in total. The van der Waals surface area contributed by atoms with Gasteiger partial charge >= 0.3 is 0 Å². The smallest absolute Gasteiger partial charge is 0.159 e. The van der Waals surface area contributed by atoms with Crippen molar-refractivity contribution in [3.8, 4) is 0 Å². The highest BCUT2D eigenvalue weighted by atomic mass is 16.5. The first kappa shape index (κ1) is 15.2. The van der Waals surface area contributed by atoms with Crippen LogP contribution in [0.15, 0.2) is 0 Å². The maximum absolute atomic E-state index is 5.58. The summed E-state index contributed by atoms with van der Waals surface area (Å²) in [7, 11) is 1.75. The zero-order valence-corrected chi connectivity index (χ0v) is 13.0. The summed E-state index contributed by atoms with van der Waals surface area (Å²) in [6.07, 6.45) is 8.02. The van der Waals surface area contributed by atoms with Crippen LogP contribution in [0.4, 0.5) is 5.82 Å². The number of anilines is 1. The van der Waals surface area contributed by atoms with E-state index >= 15 is 0 Å². The van der Waals surface area contributed by atoms with Gasteiger partial charge in [-0.05, 0) is 39.0 Å². The number of hydrogen-bond donors (Lipinski definition) is 1. The minimum atomic E-state index is 0.0194. The van der Waals surface area contributed by atoms with E-state index in [4.69, 9.17) is 14.7 Å². The highest BCUT2D eigenvalue weighted by Crippen LogP contribution is 2.28. The molecule has 0 spiro atoms. The summed E-state index contributed by atoms with van der Waals surface area (Å²) in [4.78, 5) is 9.59. The van der Waals surface area contributed by atoms with Gasteiger partial charge in [0.1, 0.15) is 11.9 Å². The fraction of sp³-hybridized carbons (Fsp3) is 0.750. The maximum atomic E-state index is 5.58. The quantitative estimate of drug-likeness (QED) is 0.806. The molecule has 1 aliphatic carbocycles. The van der Waals surface area contributed by atoms with Crippen LogP contribution in [0, 0.1) is 0 Å². The average molecular weight is 277 g/mol. The lowest BCUT2D eigenvalue weighted by Crippen LogP contribution is -2.14. The summed E-state index contributed by atoms with van der Waals surface area (Å²) in [5, 5.41) is 3.42. The van der Waals surface area contributed by atoms with Crippen LogP contribution in [0.3, 0.4) is 0 Å². The van der Waals surface area contributed by atoms with Gasteiger partial charge in [-0.1, -0.05) is 19.8 Å². The first-order valence-electron chi connectivity index (χ1n) is 7.96. The fourth-order valence-electron chi connectivity index (χ4n) is 2.86. The van der Waals surface area contributed by atoms with Gasteiger partial charge in [-0.25, -0.2) is 9.97 Å². The Kier molecular flexibility index (Phi) is 5.77. The van der Waals surface area contributed by atoms with Crippen molar-refractivity contribution in [3.05, 3.63) is 17.1 Å². The van der Waals surface area contributed by atoms with Gasteiger partial charge in [0.15, 0.2) is 5.82 Å². The normalized spacial score (nSPS) is 16.4. The highest BCUT2D eigenvalue weighted by molar-refractivity contribution is 5.47. The van der Waals surface area contributed by atoms with Crippen LogP contribution < -0.4 is 5.32 Å². The standard InChI is InChI=1S/C16H27N3O/c1-4-9-14(20-3)16-18-13-11-8-6-7-10-12(13)15(19-16)17-5-2/h14H,4-11H2,1-3H3,(H,17,18,19). The lowest BCUT2D eigenvalue weighted by molar-refractivity contribution is 0.0875. The van der Waals surface area contributed by atoms with E-state index in [2.05, 4.69) is 19.2 Å². The van der Waals surface area contributed by atoms with E-state index in [1.54, 1.807) is 7.11 Å². The third kappa shape index (κ3) is 3.48. The van der Waals surface area contributed by atoms with E-state index in [9.17, 15) is 0 Å². The van der Waals surface area contributed by atoms with Gasteiger partial charge in [0.25, 0.3) is 0 Å². The molecule has 1 aromatic rings. The number of methoxy groups -OCH3 is 1. The molecule has 0 aromatic carbocycles. The minimum absolute atomic E-state index is 0.0194. The van der Waals surface area contributed by atoms with E-state index in [0.29, 0.717) is 0 Å². The molecule has 0 saturated heterocycles. The molecule has 0 bridgehead atoms.